The van der Waals surface area contributed by atoms with E-state index in [2.05, 4.69) is 0 Å². The van der Waals surface area contributed by atoms with Crippen molar-refractivity contribution in [2.45, 2.75) is 17.7 Å². The summed E-state index contributed by atoms with van der Waals surface area (Å²) < 4.78 is 58.7. The second kappa shape index (κ2) is 10.6. The van der Waals surface area contributed by atoms with Crippen LogP contribution in [-0.2, 0) is 15.1 Å². The maximum Gasteiger partial charge on any atom is 0.399 e. The van der Waals surface area contributed by atoms with Crippen LogP contribution in [0.3, 0.4) is 0 Å². The third-order valence-electron chi connectivity index (χ3n) is 5.08. The standard InChI is InChI=1S/C25H25F3O4/c1-30-18-31-16-17-32-22-14-12-21(13-15-22)24(29,20-10-6-3-7-11-20)23(25(26,27)28)19-8-4-2-5-9-19/h2-15,23,29H,16-18H2,1H3/t23-,24-/m0/s1. The fourth-order valence-electron chi connectivity index (χ4n) is 3.67. The van der Waals surface area contributed by atoms with Crippen LogP contribution in [0.5, 0.6) is 5.75 Å². The van der Waals surface area contributed by atoms with Gasteiger partial charge in [-0.1, -0.05) is 72.8 Å². The van der Waals surface area contributed by atoms with E-state index in [0.717, 1.165) is 0 Å². The Hall–Kier alpha value is -2.87. The Morgan fingerprint density at radius 1 is 0.781 bits per heavy atom. The third-order valence-corrected chi connectivity index (χ3v) is 5.08. The van der Waals surface area contributed by atoms with Crippen LogP contribution in [0.1, 0.15) is 22.6 Å². The molecular formula is C25H25F3O4. The summed E-state index contributed by atoms with van der Waals surface area (Å²) in [7, 11) is 1.51. The van der Waals surface area contributed by atoms with Crippen LogP contribution in [0, 0.1) is 0 Å². The number of hydrogen-bond acceptors (Lipinski definition) is 4. The zero-order valence-corrected chi connectivity index (χ0v) is 17.6. The highest BCUT2D eigenvalue weighted by molar-refractivity contribution is 5.44. The van der Waals surface area contributed by atoms with E-state index in [0.29, 0.717) is 12.4 Å². The quantitative estimate of drug-likeness (QED) is 0.341. The SMILES string of the molecule is COCOCCOc1ccc([C@@](O)(c2ccccc2)[C@H](c2ccccc2)C(F)(F)F)cc1. The molecule has 170 valence electrons. The molecule has 7 heteroatoms. The fourth-order valence-corrected chi connectivity index (χ4v) is 3.67. The summed E-state index contributed by atoms with van der Waals surface area (Å²) in [5, 5.41) is 11.8. The lowest BCUT2D eigenvalue weighted by Crippen LogP contribution is -2.42. The van der Waals surface area contributed by atoms with Gasteiger partial charge in [-0.2, -0.15) is 13.2 Å². The van der Waals surface area contributed by atoms with Crippen LogP contribution < -0.4 is 4.74 Å². The summed E-state index contributed by atoms with van der Waals surface area (Å²) in [4.78, 5) is 0. The fraction of sp³-hybridized carbons (Fsp3) is 0.280. The molecule has 0 fully saturated rings. The van der Waals surface area contributed by atoms with E-state index in [9.17, 15) is 18.3 Å². The van der Waals surface area contributed by atoms with Gasteiger partial charge in [-0.15, -0.1) is 0 Å². The van der Waals surface area contributed by atoms with Crippen molar-refractivity contribution in [1.29, 1.82) is 0 Å². The number of alkyl halides is 3. The summed E-state index contributed by atoms with van der Waals surface area (Å²) in [6, 6.07) is 21.4. The van der Waals surface area contributed by atoms with E-state index in [4.69, 9.17) is 14.2 Å². The van der Waals surface area contributed by atoms with Crippen LogP contribution in [0.25, 0.3) is 0 Å². The Labute approximate surface area is 185 Å². The summed E-state index contributed by atoms with van der Waals surface area (Å²) in [6.45, 7) is 0.694. The molecule has 0 spiro atoms. The third kappa shape index (κ3) is 5.48. The first-order valence-electron chi connectivity index (χ1n) is 10.1. The van der Waals surface area contributed by atoms with Gasteiger partial charge >= 0.3 is 6.18 Å². The number of aliphatic hydroxyl groups is 1. The second-order valence-electron chi connectivity index (χ2n) is 7.21. The van der Waals surface area contributed by atoms with Crippen molar-refractivity contribution in [3.05, 3.63) is 102 Å². The summed E-state index contributed by atoms with van der Waals surface area (Å²) in [5.41, 5.74) is -2.12. The molecular weight excluding hydrogens is 421 g/mol. The lowest BCUT2D eigenvalue weighted by Gasteiger charge is -2.38. The maximum atomic E-state index is 14.4. The van der Waals surface area contributed by atoms with Gasteiger partial charge in [0.1, 0.15) is 30.7 Å². The molecule has 32 heavy (non-hydrogen) atoms. The smallest absolute Gasteiger partial charge is 0.399 e. The molecule has 3 rings (SSSR count). The second-order valence-corrected chi connectivity index (χ2v) is 7.21. The highest BCUT2D eigenvalue weighted by Crippen LogP contribution is 2.51. The highest BCUT2D eigenvalue weighted by atomic mass is 19.4. The number of ether oxygens (including phenoxy) is 3. The zero-order chi connectivity index (χ0) is 23.0. The molecule has 0 unspecified atom stereocenters. The van der Waals surface area contributed by atoms with Crippen LogP contribution in [0.2, 0.25) is 0 Å². The van der Waals surface area contributed by atoms with Gasteiger partial charge < -0.3 is 19.3 Å². The van der Waals surface area contributed by atoms with E-state index < -0.39 is 17.7 Å². The molecule has 0 bridgehead atoms. The van der Waals surface area contributed by atoms with Gasteiger partial charge in [-0.3, -0.25) is 0 Å². The van der Waals surface area contributed by atoms with E-state index in [-0.39, 0.29) is 30.1 Å². The van der Waals surface area contributed by atoms with Crippen LogP contribution in [-0.4, -0.2) is 38.4 Å². The van der Waals surface area contributed by atoms with Crippen molar-refractivity contribution in [2.75, 3.05) is 27.1 Å². The van der Waals surface area contributed by atoms with Crippen LogP contribution >= 0.6 is 0 Å². The molecule has 1 N–H and O–H groups in total. The summed E-state index contributed by atoms with van der Waals surface area (Å²) >= 11 is 0. The Bertz CT molecular complexity index is 946. The van der Waals surface area contributed by atoms with Gasteiger partial charge in [0.2, 0.25) is 0 Å². The topological polar surface area (TPSA) is 47.9 Å². The van der Waals surface area contributed by atoms with Gasteiger partial charge in [0.05, 0.1) is 6.61 Å². The van der Waals surface area contributed by atoms with Gasteiger partial charge in [-0.05, 0) is 28.8 Å². The normalized spacial score (nSPS) is 14.5. The molecule has 0 aliphatic heterocycles. The number of rotatable bonds is 10. The Kier molecular flexibility index (Phi) is 7.90. The Morgan fingerprint density at radius 2 is 1.34 bits per heavy atom. The van der Waals surface area contributed by atoms with Gasteiger partial charge in [0.25, 0.3) is 0 Å². The Morgan fingerprint density at radius 3 is 1.91 bits per heavy atom. The molecule has 2 atom stereocenters. The Balaban J connectivity index is 1.99. The summed E-state index contributed by atoms with van der Waals surface area (Å²) in [5.74, 6) is -1.72. The molecule has 0 saturated heterocycles. The van der Waals surface area contributed by atoms with Crippen molar-refractivity contribution in [3.63, 3.8) is 0 Å². The zero-order valence-electron chi connectivity index (χ0n) is 17.6. The summed E-state index contributed by atoms with van der Waals surface area (Å²) in [6.07, 6.45) is -4.71. The minimum absolute atomic E-state index is 0.0260. The molecule has 0 heterocycles. The average Bonchev–Trinajstić information content (AvgIpc) is 2.80. The predicted molar refractivity (Wildman–Crippen MR) is 114 cm³/mol. The molecule has 0 aromatic heterocycles. The van der Waals surface area contributed by atoms with E-state index >= 15 is 0 Å². The van der Waals surface area contributed by atoms with Crippen molar-refractivity contribution >= 4 is 0 Å². The first kappa shape index (κ1) is 23.8. The van der Waals surface area contributed by atoms with Gasteiger partial charge in [0.15, 0.2) is 0 Å². The minimum atomic E-state index is -4.71. The van der Waals surface area contributed by atoms with Gasteiger partial charge in [-0.25, -0.2) is 0 Å². The molecule has 0 aliphatic rings. The molecule has 0 saturated carbocycles. The molecule has 4 nitrogen and oxygen atoms in total. The number of hydrogen-bond donors (Lipinski definition) is 1. The highest BCUT2D eigenvalue weighted by Gasteiger charge is 2.55. The largest absolute Gasteiger partial charge is 0.491 e. The average molecular weight is 446 g/mol. The predicted octanol–water partition coefficient (Wildman–Crippen LogP) is 5.27. The van der Waals surface area contributed by atoms with Crippen molar-refractivity contribution in [1.82, 2.24) is 0 Å². The van der Waals surface area contributed by atoms with Crippen LogP contribution in [0.4, 0.5) is 13.2 Å². The molecule has 0 radical (unpaired) electrons. The number of methoxy groups -OCH3 is 1. The van der Waals surface area contributed by atoms with Crippen molar-refractivity contribution < 1.29 is 32.5 Å². The van der Waals surface area contributed by atoms with Gasteiger partial charge in [0, 0.05) is 7.11 Å². The number of halogens is 3. The maximum absolute atomic E-state index is 14.4. The molecule has 0 amide bonds. The van der Waals surface area contributed by atoms with Crippen molar-refractivity contribution in [2.24, 2.45) is 0 Å². The molecule has 0 aliphatic carbocycles. The first-order valence-corrected chi connectivity index (χ1v) is 10.1. The minimum Gasteiger partial charge on any atom is -0.491 e. The monoisotopic (exact) mass is 446 g/mol. The van der Waals surface area contributed by atoms with Crippen LogP contribution in [0.15, 0.2) is 84.9 Å². The number of benzene rings is 3. The van der Waals surface area contributed by atoms with E-state index in [1.54, 1.807) is 24.3 Å². The first-order chi connectivity index (χ1) is 15.4. The molecule has 3 aromatic rings. The van der Waals surface area contributed by atoms with Crippen molar-refractivity contribution in [3.8, 4) is 5.75 Å². The van der Waals surface area contributed by atoms with E-state index in [1.165, 1.54) is 67.8 Å². The van der Waals surface area contributed by atoms with E-state index in [1.807, 2.05) is 0 Å². The molecule has 3 aromatic carbocycles. The lowest BCUT2D eigenvalue weighted by atomic mass is 9.72. The lowest BCUT2D eigenvalue weighted by molar-refractivity contribution is -0.190.